The maximum Gasteiger partial charge on any atom is 0.0722 e. The van der Waals surface area contributed by atoms with Crippen molar-refractivity contribution in [1.29, 1.82) is 0 Å². The highest BCUT2D eigenvalue weighted by Crippen LogP contribution is 2.45. The van der Waals surface area contributed by atoms with Crippen LogP contribution in [0.4, 0.5) is 0 Å². The van der Waals surface area contributed by atoms with Crippen LogP contribution in [0.15, 0.2) is 53.7 Å². The van der Waals surface area contributed by atoms with Crippen molar-refractivity contribution in [2.24, 2.45) is 0 Å². The van der Waals surface area contributed by atoms with Crippen molar-refractivity contribution < 1.29 is 0 Å². The van der Waals surface area contributed by atoms with Gasteiger partial charge in [0.2, 0.25) is 0 Å². The molecule has 0 atom stereocenters. The van der Waals surface area contributed by atoms with Gasteiger partial charge in [-0.3, -0.25) is 4.98 Å². The smallest absolute Gasteiger partial charge is 0.0722 e. The fourth-order valence-corrected chi connectivity index (χ4v) is 2.92. The van der Waals surface area contributed by atoms with Crippen molar-refractivity contribution in [3.63, 3.8) is 0 Å². The van der Waals surface area contributed by atoms with Crippen molar-refractivity contribution in [1.82, 2.24) is 9.88 Å². The van der Waals surface area contributed by atoms with Gasteiger partial charge in [-0.25, -0.2) is 0 Å². The zero-order valence-electron chi connectivity index (χ0n) is 10.0. The zero-order chi connectivity index (χ0) is 12.3. The predicted molar refractivity (Wildman–Crippen MR) is 75.1 cm³/mol. The van der Waals surface area contributed by atoms with Gasteiger partial charge < -0.3 is 4.90 Å². The molecule has 0 aromatic carbocycles. The van der Waals surface area contributed by atoms with Gasteiger partial charge in [0.25, 0.3) is 0 Å². The first-order chi connectivity index (χ1) is 8.24. The van der Waals surface area contributed by atoms with Crippen molar-refractivity contribution in [3.05, 3.63) is 59.3 Å². The van der Waals surface area contributed by atoms with Crippen LogP contribution in [0.1, 0.15) is 18.4 Å². The van der Waals surface area contributed by atoms with E-state index in [-0.39, 0.29) is 0 Å². The van der Waals surface area contributed by atoms with Crippen LogP contribution in [0.3, 0.4) is 0 Å². The maximum absolute atomic E-state index is 4.08. The summed E-state index contributed by atoms with van der Waals surface area (Å²) in [5.74, 6) is 0. The molecule has 0 saturated heterocycles. The van der Waals surface area contributed by atoms with Crippen molar-refractivity contribution in [2.75, 3.05) is 7.05 Å². The molecule has 0 aliphatic carbocycles. The van der Waals surface area contributed by atoms with Crippen LogP contribution in [0, 0.1) is 0 Å². The lowest BCUT2D eigenvalue weighted by Crippen LogP contribution is -2.09. The number of rotatable bonds is 4. The second-order valence-corrected chi connectivity index (χ2v) is 5.06. The van der Waals surface area contributed by atoms with Crippen LogP contribution in [0.5, 0.6) is 0 Å². The largest absolute Gasteiger partial charge is 0.338 e. The van der Waals surface area contributed by atoms with Gasteiger partial charge >= 0.3 is 0 Å². The van der Waals surface area contributed by atoms with Crippen LogP contribution < -0.4 is 0 Å². The van der Waals surface area contributed by atoms with Crippen LogP contribution >= 0.6 is 11.8 Å². The Morgan fingerprint density at radius 3 is 2.76 bits per heavy atom. The van der Waals surface area contributed by atoms with Gasteiger partial charge in [0.1, 0.15) is 0 Å². The second-order valence-electron chi connectivity index (χ2n) is 3.89. The summed E-state index contributed by atoms with van der Waals surface area (Å²) in [6.45, 7) is 7.85. The number of allylic oxidation sites excluding steroid dienone is 2. The average Bonchev–Trinajstić information content (AvgIpc) is 2.64. The van der Waals surface area contributed by atoms with E-state index in [0.717, 1.165) is 17.9 Å². The molecule has 2 nitrogen and oxygen atoms in total. The predicted octanol–water partition coefficient (Wildman–Crippen LogP) is 3.87. The highest BCUT2D eigenvalue weighted by Gasteiger charge is 2.24. The van der Waals surface area contributed by atoms with Crippen LogP contribution in [-0.2, 0) is 0 Å². The first-order valence-electron chi connectivity index (χ1n) is 5.59. The van der Waals surface area contributed by atoms with Gasteiger partial charge in [-0.05, 0) is 25.0 Å². The lowest BCUT2D eigenvalue weighted by Gasteiger charge is -2.16. The molecule has 1 aromatic rings. The molecular weight excluding hydrogens is 228 g/mol. The van der Waals surface area contributed by atoms with Gasteiger partial charge in [0, 0.05) is 29.9 Å². The molecule has 0 amide bonds. The number of thioether (sulfide) groups is 1. The highest BCUT2D eigenvalue weighted by atomic mass is 32.2. The molecular formula is C14H16N2S. The van der Waals surface area contributed by atoms with Crippen molar-refractivity contribution in [3.8, 4) is 0 Å². The molecule has 0 radical (unpaired) electrons. The Morgan fingerprint density at radius 2 is 2.12 bits per heavy atom. The molecule has 2 rings (SSSR count). The fourth-order valence-electron chi connectivity index (χ4n) is 1.84. The summed E-state index contributed by atoms with van der Waals surface area (Å²) < 4.78 is 0. The number of pyridine rings is 1. The zero-order valence-corrected chi connectivity index (χ0v) is 10.8. The molecule has 0 fully saturated rings. The van der Waals surface area contributed by atoms with E-state index in [9.17, 15) is 0 Å². The van der Waals surface area contributed by atoms with Crippen molar-refractivity contribution in [2.45, 2.75) is 12.8 Å². The maximum atomic E-state index is 4.08. The minimum absolute atomic E-state index is 0.998. The van der Waals surface area contributed by atoms with E-state index < -0.39 is 0 Å². The molecule has 0 saturated carbocycles. The van der Waals surface area contributed by atoms with Gasteiger partial charge in [0.05, 0.1) is 10.7 Å². The minimum atomic E-state index is 0.998. The lowest BCUT2D eigenvalue weighted by atomic mass is 10.1. The van der Waals surface area contributed by atoms with Gasteiger partial charge in [-0.1, -0.05) is 24.4 Å². The van der Waals surface area contributed by atoms with E-state index in [1.165, 1.54) is 16.2 Å². The SMILES string of the molecule is C=CCCC1=C(c2ccncc2)N(C)C(=C)S1. The molecule has 1 aliphatic heterocycles. The molecule has 0 N–H and O–H groups in total. The van der Waals surface area contributed by atoms with E-state index >= 15 is 0 Å². The average molecular weight is 244 g/mol. The molecule has 0 bridgehead atoms. The Balaban J connectivity index is 2.37. The quantitative estimate of drug-likeness (QED) is 0.748. The molecule has 88 valence electrons. The summed E-state index contributed by atoms with van der Waals surface area (Å²) in [5, 5.41) is 1.08. The molecule has 0 unspecified atom stereocenters. The molecule has 1 aliphatic rings. The summed E-state index contributed by atoms with van der Waals surface area (Å²) in [6.07, 6.45) is 7.63. The Morgan fingerprint density at radius 1 is 1.41 bits per heavy atom. The van der Waals surface area contributed by atoms with E-state index in [1.54, 1.807) is 11.8 Å². The summed E-state index contributed by atoms with van der Waals surface area (Å²) in [6, 6.07) is 4.08. The molecule has 2 heterocycles. The highest BCUT2D eigenvalue weighted by molar-refractivity contribution is 8.07. The number of hydrogen-bond acceptors (Lipinski definition) is 3. The Kier molecular flexibility index (Phi) is 3.69. The Labute approximate surface area is 107 Å². The third-order valence-electron chi connectivity index (χ3n) is 2.74. The molecule has 0 spiro atoms. The third-order valence-corrected chi connectivity index (χ3v) is 3.90. The van der Waals surface area contributed by atoms with Gasteiger partial charge in [0.15, 0.2) is 0 Å². The van der Waals surface area contributed by atoms with Gasteiger partial charge in [-0.2, -0.15) is 0 Å². The van der Waals surface area contributed by atoms with Gasteiger partial charge in [-0.15, -0.1) is 6.58 Å². The summed E-state index contributed by atoms with van der Waals surface area (Å²) >= 11 is 1.76. The number of hydrogen-bond donors (Lipinski definition) is 0. The third kappa shape index (κ3) is 2.44. The summed E-state index contributed by atoms with van der Waals surface area (Å²) in [4.78, 5) is 7.58. The van der Waals surface area contributed by atoms with Crippen molar-refractivity contribution >= 4 is 17.5 Å². The van der Waals surface area contributed by atoms with Crippen LogP contribution in [0.25, 0.3) is 5.70 Å². The van der Waals surface area contributed by atoms with E-state index in [4.69, 9.17) is 0 Å². The van der Waals surface area contributed by atoms with E-state index in [2.05, 4.69) is 30.1 Å². The van der Waals surface area contributed by atoms with E-state index in [1.807, 2.05) is 30.6 Å². The van der Waals surface area contributed by atoms with Crippen LogP contribution in [-0.4, -0.2) is 16.9 Å². The summed E-state index contributed by atoms with van der Waals surface area (Å²) in [7, 11) is 2.06. The Bertz CT molecular complexity index is 462. The molecule has 3 heteroatoms. The minimum Gasteiger partial charge on any atom is -0.338 e. The Hall–Kier alpha value is -1.48. The van der Waals surface area contributed by atoms with Crippen LogP contribution in [0.2, 0.25) is 0 Å². The van der Waals surface area contributed by atoms with E-state index in [0.29, 0.717) is 0 Å². The first kappa shape index (κ1) is 12.0. The standard InChI is InChI=1S/C14H16N2S/c1-4-5-6-13-14(16(3)11(2)17-13)12-7-9-15-10-8-12/h4,7-10H,1-2,5-6H2,3H3. The topological polar surface area (TPSA) is 16.1 Å². The monoisotopic (exact) mass is 244 g/mol. The lowest BCUT2D eigenvalue weighted by molar-refractivity contribution is 0.647. The molecule has 17 heavy (non-hydrogen) atoms. The fraction of sp³-hybridized carbons (Fsp3) is 0.214. The normalized spacial score (nSPS) is 15.6. The first-order valence-corrected chi connectivity index (χ1v) is 6.40. The number of aromatic nitrogens is 1. The summed E-state index contributed by atoms with van der Waals surface area (Å²) in [5.41, 5.74) is 2.46. The molecule has 1 aromatic heterocycles. The second kappa shape index (κ2) is 5.23. The number of nitrogens with zero attached hydrogens (tertiary/aromatic N) is 2.